The van der Waals surface area contributed by atoms with E-state index in [1.165, 1.54) is 12.8 Å². The van der Waals surface area contributed by atoms with Crippen LogP contribution in [0.1, 0.15) is 201 Å². The number of unbranched alkanes of at least 4 members (excludes halogenated alkanes) is 8. The summed E-state index contributed by atoms with van der Waals surface area (Å²) >= 11 is 0. The molecule has 0 rings (SSSR count). The van der Waals surface area contributed by atoms with E-state index in [0.29, 0.717) is 19.3 Å². The van der Waals surface area contributed by atoms with Gasteiger partial charge in [-0.2, -0.15) is 0 Å². The van der Waals surface area contributed by atoms with E-state index < -0.39 is 12.1 Å². The average Bonchev–Trinajstić information content (AvgIpc) is 3.39. The average molecular weight is 1000 g/mol. The van der Waals surface area contributed by atoms with Crippen LogP contribution in [0.5, 0.6) is 0 Å². The Bertz CT molecular complexity index is 1770. The normalized spacial score (nSPS) is 13.5. The van der Waals surface area contributed by atoms with Gasteiger partial charge in [-0.05, 0) is 135 Å². The van der Waals surface area contributed by atoms with Crippen LogP contribution in [0, 0.1) is 0 Å². The van der Waals surface area contributed by atoms with Crippen LogP contribution in [0.2, 0.25) is 0 Å². The predicted molar refractivity (Wildman–Crippen MR) is 315 cm³/mol. The highest BCUT2D eigenvalue weighted by molar-refractivity contribution is 5.72. The Hall–Kier alpha value is -5.49. The quantitative estimate of drug-likeness (QED) is 0.0262. The van der Waals surface area contributed by atoms with Gasteiger partial charge in [-0.15, -0.1) is 0 Å². The van der Waals surface area contributed by atoms with Crippen molar-refractivity contribution in [3.05, 3.63) is 182 Å². The van der Waals surface area contributed by atoms with Crippen LogP contribution in [-0.2, 0) is 28.6 Å². The van der Waals surface area contributed by atoms with E-state index in [1.807, 2.05) is 6.08 Å². The van der Waals surface area contributed by atoms with E-state index in [4.69, 9.17) is 14.2 Å². The maximum atomic E-state index is 12.8. The highest BCUT2D eigenvalue weighted by atomic mass is 16.6. The molecule has 0 aromatic carbocycles. The summed E-state index contributed by atoms with van der Waals surface area (Å²) in [6.07, 6.45) is 89.1. The van der Waals surface area contributed by atoms with Gasteiger partial charge in [-0.25, -0.2) is 0 Å². The number of esters is 3. The van der Waals surface area contributed by atoms with Gasteiger partial charge in [0.15, 0.2) is 6.10 Å². The van der Waals surface area contributed by atoms with Crippen molar-refractivity contribution in [1.29, 1.82) is 0 Å². The molecule has 0 aliphatic heterocycles. The molecule has 0 aromatic heterocycles. The Labute approximate surface area is 446 Å². The Kier molecular flexibility index (Phi) is 54.6. The van der Waals surface area contributed by atoms with Crippen molar-refractivity contribution in [3.63, 3.8) is 0 Å². The molecule has 0 fully saturated rings. The minimum Gasteiger partial charge on any atom is -0.462 e. The largest absolute Gasteiger partial charge is 0.462 e. The van der Waals surface area contributed by atoms with Gasteiger partial charge >= 0.3 is 17.9 Å². The summed E-state index contributed by atoms with van der Waals surface area (Å²) in [5.74, 6) is -1.15. The highest BCUT2D eigenvalue weighted by Gasteiger charge is 2.19. The molecule has 1 unspecified atom stereocenters. The predicted octanol–water partition coefficient (Wildman–Crippen LogP) is 19.3. The number of carbonyl (C=O) groups is 3. The zero-order chi connectivity index (χ0) is 52.9. The van der Waals surface area contributed by atoms with Crippen LogP contribution >= 0.6 is 0 Å². The van der Waals surface area contributed by atoms with Gasteiger partial charge in [0.25, 0.3) is 0 Å². The van der Waals surface area contributed by atoms with Gasteiger partial charge < -0.3 is 14.2 Å². The standard InChI is InChI=1S/C67H100O6/c1-4-7-10-13-16-19-22-25-28-29-30-31-32-33-34-35-36-37-40-42-45-48-51-54-57-60-66(69)72-63-64(73-67(70)61-58-55-52-49-46-43-39-27-24-21-18-15-12-9-6-3)62-71-65(68)59-56-53-50-47-44-41-38-26-23-20-17-14-11-8-5-2/h7-12,16-21,25-28,30-31,33-34,36-39,44,46-47,49,55,58,64H,4-6,13-15,22-24,29,32,35,40-43,45,48,50-54,56-57,59-63H2,1-3H3/b10-7-,11-8-,12-9-,19-16-,20-17-,21-18-,28-25-,31-30-,34-33-,37-36-,38-26-,39-27-,47-44-,49-46-,58-55-. The summed E-state index contributed by atoms with van der Waals surface area (Å²) in [6, 6.07) is 0. The van der Waals surface area contributed by atoms with Gasteiger partial charge in [-0.1, -0.05) is 229 Å². The van der Waals surface area contributed by atoms with Gasteiger partial charge in [0.1, 0.15) is 13.2 Å². The molecule has 0 N–H and O–H groups in total. The third-order valence-corrected chi connectivity index (χ3v) is 10.9. The molecular formula is C67H100O6. The molecule has 0 amide bonds. The smallest absolute Gasteiger partial charge is 0.310 e. The lowest BCUT2D eigenvalue weighted by Crippen LogP contribution is -2.30. The SMILES string of the molecule is CC/C=C\C/C=C\C/C=C\C/C=C\C/C=C\C/C=C\CCCCCCCCC(=O)OCC(COC(=O)CCCC/C=C\C/C=C\C/C=C\C/C=C\CC)OC(=O)C/C=C\C/C=C\C/C=C\C/C=C\C/C=C\CC. The van der Waals surface area contributed by atoms with Crippen molar-refractivity contribution in [3.8, 4) is 0 Å². The van der Waals surface area contributed by atoms with Crippen LogP contribution in [0.25, 0.3) is 0 Å². The van der Waals surface area contributed by atoms with Crippen molar-refractivity contribution < 1.29 is 28.6 Å². The van der Waals surface area contributed by atoms with Crippen molar-refractivity contribution in [2.24, 2.45) is 0 Å². The molecule has 6 nitrogen and oxygen atoms in total. The van der Waals surface area contributed by atoms with E-state index in [-0.39, 0.29) is 38.0 Å². The van der Waals surface area contributed by atoms with E-state index in [0.717, 1.165) is 135 Å². The molecule has 0 radical (unpaired) electrons. The zero-order valence-electron chi connectivity index (χ0n) is 46.1. The maximum Gasteiger partial charge on any atom is 0.310 e. The van der Waals surface area contributed by atoms with E-state index >= 15 is 0 Å². The summed E-state index contributed by atoms with van der Waals surface area (Å²) in [5, 5.41) is 0. The fourth-order valence-electron chi connectivity index (χ4n) is 6.80. The van der Waals surface area contributed by atoms with Crippen molar-refractivity contribution >= 4 is 17.9 Å². The lowest BCUT2D eigenvalue weighted by atomic mass is 10.1. The minimum atomic E-state index is -0.867. The van der Waals surface area contributed by atoms with Crippen molar-refractivity contribution in [1.82, 2.24) is 0 Å². The Morgan fingerprint density at radius 2 is 0.534 bits per heavy atom. The summed E-state index contributed by atoms with van der Waals surface area (Å²) in [7, 11) is 0. The number of rotatable bonds is 48. The molecule has 1 atom stereocenters. The minimum absolute atomic E-state index is 0.0740. The number of carbonyl (C=O) groups excluding carboxylic acids is 3. The van der Waals surface area contributed by atoms with Crippen LogP contribution in [0.15, 0.2) is 182 Å². The van der Waals surface area contributed by atoms with Crippen LogP contribution < -0.4 is 0 Å². The molecule has 0 aromatic rings. The number of ether oxygens (including phenoxy) is 3. The second-order valence-electron chi connectivity index (χ2n) is 17.7. The molecule has 0 saturated carbocycles. The van der Waals surface area contributed by atoms with Crippen LogP contribution in [0.3, 0.4) is 0 Å². The number of hydrogen-bond donors (Lipinski definition) is 0. The maximum absolute atomic E-state index is 12.8. The van der Waals surface area contributed by atoms with E-state index in [9.17, 15) is 14.4 Å². The third kappa shape index (κ3) is 57.3. The summed E-state index contributed by atoms with van der Waals surface area (Å²) < 4.78 is 16.7. The first-order valence-electron chi connectivity index (χ1n) is 28.3. The van der Waals surface area contributed by atoms with Gasteiger partial charge in [0.2, 0.25) is 0 Å². The lowest BCUT2D eigenvalue weighted by molar-refractivity contribution is -0.166. The van der Waals surface area contributed by atoms with Gasteiger partial charge in [-0.3, -0.25) is 14.4 Å². The van der Waals surface area contributed by atoms with Crippen molar-refractivity contribution in [2.45, 2.75) is 207 Å². The molecule has 73 heavy (non-hydrogen) atoms. The van der Waals surface area contributed by atoms with E-state index in [2.05, 4.69) is 191 Å². The Balaban J connectivity index is 4.56. The van der Waals surface area contributed by atoms with Gasteiger partial charge in [0, 0.05) is 12.8 Å². The Morgan fingerprint density at radius 3 is 0.863 bits per heavy atom. The molecule has 0 aliphatic rings. The second-order valence-corrected chi connectivity index (χ2v) is 17.7. The summed E-state index contributed by atoms with van der Waals surface area (Å²) in [4.78, 5) is 38.1. The zero-order valence-corrected chi connectivity index (χ0v) is 46.1. The van der Waals surface area contributed by atoms with Crippen molar-refractivity contribution in [2.75, 3.05) is 13.2 Å². The van der Waals surface area contributed by atoms with Gasteiger partial charge in [0.05, 0.1) is 6.42 Å². The molecule has 0 bridgehead atoms. The highest BCUT2D eigenvalue weighted by Crippen LogP contribution is 2.11. The molecule has 0 saturated heterocycles. The molecule has 6 heteroatoms. The lowest BCUT2D eigenvalue weighted by Gasteiger charge is -2.18. The fraction of sp³-hybridized carbons (Fsp3) is 0.507. The van der Waals surface area contributed by atoms with Crippen LogP contribution in [0.4, 0.5) is 0 Å². The first kappa shape index (κ1) is 67.5. The monoisotopic (exact) mass is 1000 g/mol. The number of hydrogen-bond acceptors (Lipinski definition) is 6. The first-order chi connectivity index (χ1) is 36.0. The molecule has 0 spiro atoms. The van der Waals surface area contributed by atoms with Crippen LogP contribution in [-0.4, -0.2) is 37.2 Å². The molecule has 404 valence electrons. The first-order valence-corrected chi connectivity index (χ1v) is 28.3. The third-order valence-electron chi connectivity index (χ3n) is 10.9. The number of allylic oxidation sites excluding steroid dienone is 29. The summed E-state index contributed by atoms with van der Waals surface area (Å²) in [6.45, 7) is 6.13. The summed E-state index contributed by atoms with van der Waals surface area (Å²) in [5.41, 5.74) is 0. The molecular weight excluding hydrogens is 901 g/mol. The molecule has 0 heterocycles. The topological polar surface area (TPSA) is 78.9 Å². The fourth-order valence-corrected chi connectivity index (χ4v) is 6.80. The Morgan fingerprint density at radius 1 is 0.288 bits per heavy atom. The molecule has 0 aliphatic carbocycles. The van der Waals surface area contributed by atoms with E-state index in [1.54, 1.807) is 6.08 Å². The second kappa shape index (κ2) is 59.1.